The molecule has 0 aromatic heterocycles. The molecule has 0 fully saturated rings. The van der Waals surface area contributed by atoms with Crippen LogP contribution in [0.4, 0.5) is 0 Å². The molecule has 0 bridgehead atoms. The van der Waals surface area contributed by atoms with Gasteiger partial charge in [0, 0.05) is 25.9 Å². The van der Waals surface area contributed by atoms with Gasteiger partial charge in [-0.05, 0) is 13.0 Å². The fraction of sp³-hybridized carbons (Fsp3) is 0.455. The van der Waals surface area contributed by atoms with Gasteiger partial charge in [-0.25, -0.2) is 9.59 Å². The third kappa shape index (κ3) is 4.63. The minimum Gasteiger partial charge on any atom is -0.466 e. The van der Waals surface area contributed by atoms with Gasteiger partial charge in [-0.1, -0.05) is 0 Å². The van der Waals surface area contributed by atoms with Crippen molar-refractivity contribution in [3.63, 3.8) is 0 Å². The highest BCUT2D eigenvalue weighted by Gasteiger charge is 2.10. The van der Waals surface area contributed by atoms with Crippen LogP contribution in [0, 0.1) is 0 Å². The molecule has 0 heterocycles. The SMILES string of the molecule is COC(=O)/C=C(/C=C(\C)N(C)C)C(=O)OC. The van der Waals surface area contributed by atoms with Crippen LogP contribution in [0.3, 0.4) is 0 Å². The summed E-state index contributed by atoms with van der Waals surface area (Å²) in [7, 11) is 6.17. The van der Waals surface area contributed by atoms with E-state index in [1.54, 1.807) is 6.08 Å². The van der Waals surface area contributed by atoms with Gasteiger partial charge < -0.3 is 14.4 Å². The third-order valence-electron chi connectivity index (χ3n) is 1.97. The lowest BCUT2D eigenvalue weighted by molar-refractivity contribution is -0.138. The zero-order valence-corrected chi connectivity index (χ0v) is 10.2. The maximum atomic E-state index is 11.4. The van der Waals surface area contributed by atoms with Crippen molar-refractivity contribution >= 4 is 11.9 Å². The Hall–Kier alpha value is -1.78. The van der Waals surface area contributed by atoms with Gasteiger partial charge in [0.05, 0.1) is 19.8 Å². The highest BCUT2D eigenvalue weighted by atomic mass is 16.5. The summed E-state index contributed by atoms with van der Waals surface area (Å²) < 4.78 is 9.01. The van der Waals surface area contributed by atoms with Crippen LogP contribution >= 0.6 is 0 Å². The van der Waals surface area contributed by atoms with Crippen molar-refractivity contribution in [2.24, 2.45) is 0 Å². The number of esters is 2. The summed E-state index contributed by atoms with van der Waals surface area (Å²) in [5.74, 6) is -1.17. The van der Waals surface area contributed by atoms with Gasteiger partial charge in [0.1, 0.15) is 0 Å². The number of ether oxygens (including phenoxy) is 2. The van der Waals surface area contributed by atoms with E-state index < -0.39 is 11.9 Å². The first-order chi connectivity index (χ1) is 7.42. The second-order valence-electron chi connectivity index (χ2n) is 3.29. The number of carbonyl (C=O) groups is 2. The first kappa shape index (κ1) is 14.2. The molecule has 0 saturated carbocycles. The Morgan fingerprint density at radius 1 is 1.06 bits per heavy atom. The Morgan fingerprint density at radius 2 is 1.62 bits per heavy atom. The smallest absolute Gasteiger partial charge is 0.338 e. The second-order valence-corrected chi connectivity index (χ2v) is 3.29. The molecule has 16 heavy (non-hydrogen) atoms. The standard InChI is InChI=1S/C11H17NO4/c1-8(12(2)3)6-9(11(14)16-5)7-10(13)15-4/h6-7H,1-5H3/b8-6+,9-7-. The highest BCUT2D eigenvalue weighted by Crippen LogP contribution is 2.06. The van der Waals surface area contributed by atoms with Gasteiger partial charge in [0.2, 0.25) is 0 Å². The van der Waals surface area contributed by atoms with Crippen LogP contribution < -0.4 is 0 Å². The maximum Gasteiger partial charge on any atom is 0.338 e. The van der Waals surface area contributed by atoms with Gasteiger partial charge in [-0.2, -0.15) is 0 Å². The van der Waals surface area contributed by atoms with Gasteiger partial charge >= 0.3 is 11.9 Å². The molecule has 0 aliphatic heterocycles. The molecular weight excluding hydrogens is 210 g/mol. The van der Waals surface area contributed by atoms with Crippen molar-refractivity contribution in [2.45, 2.75) is 6.92 Å². The molecule has 0 aliphatic carbocycles. The molecule has 90 valence electrons. The number of hydrogen-bond acceptors (Lipinski definition) is 5. The molecular formula is C11H17NO4. The number of carbonyl (C=O) groups excluding carboxylic acids is 2. The van der Waals surface area contributed by atoms with Crippen molar-refractivity contribution in [1.82, 2.24) is 4.90 Å². The molecule has 0 aromatic carbocycles. The first-order valence-electron chi connectivity index (χ1n) is 4.66. The van der Waals surface area contributed by atoms with E-state index in [2.05, 4.69) is 9.47 Å². The fourth-order valence-corrected chi connectivity index (χ4v) is 0.817. The molecule has 0 aromatic rings. The van der Waals surface area contributed by atoms with Crippen LogP contribution in [0.25, 0.3) is 0 Å². The van der Waals surface area contributed by atoms with E-state index in [4.69, 9.17) is 0 Å². The Labute approximate surface area is 95.3 Å². The molecule has 0 saturated heterocycles. The quantitative estimate of drug-likeness (QED) is 0.402. The Kier molecular flexibility index (Phi) is 5.92. The molecule has 0 atom stereocenters. The van der Waals surface area contributed by atoms with E-state index in [1.165, 1.54) is 14.2 Å². The summed E-state index contributed by atoms with van der Waals surface area (Å²) in [6.45, 7) is 1.81. The Morgan fingerprint density at radius 3 is 2.00 bits per heavy atom. The molecule has 0 N–H and O–H groups in total. The lowest BCUT2D eigenvalue weighted by Crippen LogP contribution is -2.12. The van der Waals surface area contributed by atoms with Crippen molar-refractivity contribution in [3.05, 3.63) is 23.4 Å². The van der Waals surface area contributed by atoms with Crippen LogP contribution in [0.1, 0.15) is 6.92 Å². The van der Waals surface area contributed by atoms with Gasteiger partial charge in [-0.15, -0.1) is 0 Å². The lowest BCUT2D eigenvalue weighted by Gasteiger charge is -2.12. The molecule has 0 spiro atoms. The van der Waals surface area contributed by atoms with Crippen molar-refractivity contribution in [1.29, 1.82) is 0 Å². The second kappa shape index (κ2) is 6.66. The molecule has 5 heteroatoms. The topological polar surface area (TPSA) is 55.8 Å². The van der Waals surface area contributed by atoms with Crippen molar-refractivity contribution < 1.29 is 19.1 Å². The predicted molar refractivity (Wildman–Crippen MR) is 59.6 cm³/mol. The summed E-state index contributed by atoms with van der Waals surface area (Å²) in [5.41, 5.74) is 0.973. The van der Waals surface area contributed by atoms with Crippen molar-refractivity contribution in [2.75, 3.05) is 28.3 Å². The normalized spacial score (nSPS) is 12.1. The molecule has 0 amide bonds. The lowest BCUT2D eigenvalue weighted by atomic mass is 10.2. The first-order valence-corrected chi connectivity index (χ1v) is 4.66. The molecule has 0 rings (SSSR count). The number of allylic oxidation sites excluding steroid dienone is 1. The van der Waals surface area contributed by atoms with E-state index in [9.17, 15) is 9.59 Å². The fourth-order valence-electron chi connectivity index (χ4n) is 0.817. The number of nitrogens with zero attached hydrogens (tertiary/aromatic N) is 1. The summed E-state index contributed by atoms with van der Waals surface area (Å²) in [6, 6.07) is 0. The van der Waals surface area contributed by atoms with Crippen LogP contribution in [-0.4, -0.2) is 45.2 Å². The summed E-state index contributed by atoms with van der Waals surface area (Å²) in [4.78, 5) is 24.2. The molecule has 5 nitrogen and oxygen atoms in total. The van der Waals surface area contributed by atoms with E-state index in [0.717, 1.165) is 11.8 Å². The highest BCUT2D eigenvalue weighted by molar-refractivity contribution is 5.98. The molecule has 0 radical (unpaired) electrons. The van der Waals surface area contributed by atoms with Crippen LogP contribution in [0.2, 0.25) is 0 Å². The number of hydrogen-bond donors (Lipinski definition) is 0. The summed E-state index contributed by atoms with van der Waals surface area (Å²) in [6.07, 6.45) is 2.65. The van der Waals surface area contributed by atoms with E-state index in [1.807, 2.05) is 25.9 Å². The summed E-state index contributed by atoms with van der Waals surface area (Å²) >= 11 is 0. The van der Waals surface area contributed by atoms with Crippen LogP contribution in [-0.2, 0) is 19.1 Å². The minimum atomic E-state index is -0.594. The third-order valence-corrected chi connectivity index (χ3v) is 1.97. The van der Waals surface area contributed by atoms with Crippen LogP contribution in [0.5, 0.6) is 0 Å². The monoisotopic (exact) mass is 227 g/mol. The maximum absolute atomic E-state index is 11.4. The molecule has 0 aliphatic rings. The van der Waals surface area contributed by atoms with Crippen LogP contribution in [0.15, 0.2) is 23.4 Å². The number of rotatable bonds is 4. The zero-order chi connectivity index (χ0) is 12.7. The summed E-state index contributed by atoms with van der Waals surface area (Å²) in [5, 5.41) is 0. The van der Waals surface area contributed by atoms with E-state index in [-0.39, 0.29) is 5.57 Å². The van der Waals surface area contributed by atoms with Gasteiger partial charge in [0.25, 0.3) is 0 Å². The molecule has 0 unspecified atom stereocenters. The predicted octanol–water partition coefficient (Wildman–Crippen LogP) is 0.724. The minimum absolute atomic E-state index is 0.153. The average Bonchev–Trinajstić information content (AvgIpc) is 2.26. The number of methoxy groups -OCH3 is 2. The van der Waals surface area contributed by atoms with Gasteiger partial charge in [0.15, 0.2) is 0 Å². The van der Waals surface area contributed by atoms with E-state index >= 15 is 0 Å². The Balaban J connectivity index is 5.12. The average molecular weight is 227 g/mol. The Bertz CT molecular complexity index is 329. The zero-order valence-electron chi connectivity index (χ0n) is 10.2. The van der Waals surface area contributed by atoms with Gasteiger partial charge in [-0.3, -0.25) is 0 Å². The van der Waals surface area contributed by atoms with E-state index in [0.29, 0.717) is 0 Å². The van der Waals surface area contributed by atoms with Crippen molar-refractivity contribution in [3.8, 4) is 0 Å². The largest absolute Gasteiger partial charge is 0.466 e.